The molecular formula is C12H16N2O3S. The van der Waals surface area contributed by atoms with Gasteiger partial charge in [-0.1, -0.05) is 0 Å². The van der Waals surface area contributed by atoms with Gasteiger partial charge in [-0.2, -0.15) is 5.26 Å². The number of hydrogen-bond donors (Lipinski definition) is 1. The molecule has 0 spiro atoms. The summed E-state index contributed by atoms with van der Waals surface area (Å²) in [7, 11) is -3.34. The van der Waals surface area contributed by atoms with Crippen LogP contribution in [0.1, 0.15) is 12.0 Å². The third-order valence-corrected chi connectivity index (χ3v) is 4.03. The maximum absolute atomic E-state index is 11.9. The molecule has 0 unspecified atom stereocenters. The van der Waals surface area contributed by atoms with Crippen LogP contribution in [0.25, 0.3) is 0 Å². The summed E-state index contributed by atoms with van der Waals surface area (Å²) in [6, 6.07) is 7.79. The van der Waals surface area contributed by atoms with Crippen LogP contribution >= 0.6 is 0 Å². The monoisotopic (exact) mass is 268 g/mol. The maximum Gasteiger partial charge on any atom is 0.180 e. The number of benzene rings is 1. The summed E-state index contributed by atoms with van der Waals surface area (Å²) in [5.74, 6) is -0.0660. The molecule has 0 aromatic heterocycles. The van der Waals surface area contributed by atoms with E-state index in [1.807, 2.05) is 6.07 Å². The molecule has 1 aromatic rings. The van der Waals surface area contributed by atoms with E-state index in [1.165, 1.54) is 24.3 Å². The van der Waals surface area contributed by atoms with E-state index < -0.39 is 9.84 Å². The van der Waals surface area contributed by atoms with Crippen molar-refractivity contribution in [3.8, 4) is 6.07 Å². The molecule has 0 saturated heterocycles. The number of hydrogen-bond acceptors (Lipinski definition) is 5. The summed E-state index contributed by atoms with van der Waals surface area (Å²) < 4.78 is 28.9. The molecule has 0 fully saturated rings. The van der Waals surface area contributed by atoms with Crippen molar-refractivity contribution in [2.45, 2.75) is 11.3 Å². The molecule has 0 heterocycles. The first kappa shape index (κ1) is 14.6. The summed E-state index contributed by atoms with van der Waals surface area (Å²) in [5.41, 5.74) is 5.73. The third kappa shape index (κ3) is 4.45. The Kier molecular flexibility index (Phi) is 5.78. The van der Waals surface area contributed by atoms with Crippen LogP contribution in [-0.2, 0) is 14.6 Å². The van der Waals surface area contributed by atoms with Gasteiger partial charge in [0.15, 0.2) is 9.84 Å². The van der Waals surface area contributed by atoms with Crippen molar-refractivity contribution >= 4 is 9.84 Å². The second-order valence-corrected chi connectivity index (χ2v) is 5.82. The van der Waals surface area contributed by atoms with Gasteiger partial charge < -0.3 is 10.5 Å². The summed E-state index contributed by atoms with van der Waals surface area (Å²) >= 11 is 0. The lowest BCUT2D eigenvalue weighted by molar-refractivity contribution is 0.148. The molecule has 0 aliphatic carbocycles. The average Bonchev–Trinajstić information content (AvgIpc) is 2.38. The second kappa shape index (κ2) is 7.11. The first-order chi connectivity index (χ1) is 8.60. The minimum atomic E-state index is -3.34. The Labute approximate surface area is 107 Å². The van der Waals surface area contributed by atoms with Crippen molar-refractivity contribution < 1.29 is 13.2 Å². The molecule has 0 bridgehead atoms. The molecule has 0 saturated carbocycles. The van der Waals surface area contributed by atoms with Crippen LogP contribution in [0, 0.1) is 11.3 Å². The molecule has 1 rings (SSSR count). The molecule has 0 aliphatic rings. The van der Waals surface area contributed by atoms with Crippen LogP contribution in [0.5, 0.6) is 0 Å². The zero-order valence-electron chi connectivity index (χ0n) is 10.0. The van der Waals surface area contributed by atoms with E-state index in [0.717, 1.165) is 6.42 Å². The van der Waals surface area contributed by atoms with Crippen LogP contribution < -0.4 is 5.73 Å². The number of sulfone groups is 1. The largest absolute Gasteiger partial charge is 0.380 e. The van der Waals surface area contributed by atoms with Crippen LogP contribution in [0.15, 0.2) is 29.2 Å². The standard InChI is InChI=1S/C12H16N2O3S/c13-6-1-7-17-8-9-18(15,16)12-4-2-11(10-14)3-5-12/h2-5H,1,6-9,13H2. The molecular weight excluding hydrogens is 252 g/mol. The Morgan fingerprint density at radius 3 is 2.44 bits per heavy atom. The van der Waals surface area contributed by atoms with Gasteiger partial charge in [0.1, 0.15) is 0 Å². The predicted octanol–water partition coefficient (Wildman–Crippen LogP) is 0.697. The minimum Gasteiger partial charge on any atom is -0.380 e. The summed E-state index contributed by atoms with van der Waals surface area (Å²) in [5, 5.41) is 8.63. The molecule has 0 atom stereocenters. The fraction of sp³-hybridized carbons (Fsp3) is 0.417. The molecule has 5 nitrogen and oxygen atoms in total. The Hall–Kier alpha value is -1.42. The Morgan fingerprint density at radius 2 is 1.89 bits per heavy atom. The molecule has 0 aliphatic heterocycles. The first-order valence-corrected chi connectivity index (χ1v) is 7.26. The molecule has 0 amide bonds. The fourth-order valence-corrected chi connectivity index (χ4v) is 2.43. The summed E-state index contributed by atoms with van der Waals surface area (Å²) in [6.45, 7) is 1.16. The van der Waals surface area contributed by atoms with Gasteiger partial charge in [-0.05, 0) is 37.2 Å². The van der Waals surface area contributed by atoms with Crippen molar-refractivity contribution in [2.24, 2.45) is 5.73 Å². The van der Waals surface area contributed by atoms with Gasteiger partial charge in [0.25, 0.3) is 0 Å². The lowest BCUT2D eigenvalue weighted by Crippen LogP contribution is -2.14. The minimum absolute atomic E-state index is 0.0660. The van der Waals surface area contributed by atoms with Gasteiger partial charge in [-0.15, -0.1) is 0 Å². The molecule has 6 heteroatoms. The lowest BCUT2D eigenvalue weighted by Gasteiger charge is -2.05. The Bertz CT molecular complexity index is 503. The van der Waals surface area contributed by atoms with Crippen molar-refractivity contribution in [2.75, 3.05) is 25.5 Å². The number of ether oxygens (including phenoxy) is 1. The number of nitriles is 1. The summed E-state index contributed by atoms with van der Waals surface area (Å²) in [6.07, 6.45) is 0.719. The lowest BCUT2D eigenvalue weighted by atomic mass is 10.2. The number of nitrogens with zero attached hydrogens (tertiary/aromatic N) is 1. The normalized spacial score (nSPS) is 11.1. The average molecular weight is 268 g/mol. The maximum atomic E-state index is 11.9. The quantitative estimate of drug-likeness (QED) is 0.735. The highest BCUT2D eigenvalue weighted by Gasteiger charge is 2.13. The van der Waals surface area contributed by atoms with E-state index in [9.17, 15) is 8.42 Å². The van der Waals surface area contributed by atoms with E-state index >= 15 is 0 Å². The first-order valence-electron chi connectivity index (χ1n) is 5.61. The van der Waals surface area contributed by atoms with Crippen LogP contribution in [-0.4, -0.2) is 33.9 Å². The van der Waals surface area contributed by atoms with E-state index in [4.69, 9.17) is 15.7 Å². The Balaban J connectivity index is 2.55. The van der Waals surface area contributed by atoms with Gasteiger partial charge in [-0.3, -0.25) is 0 Å². The highest BCUT2D eigenvalue weighted by atomic mass is 32.2. The molecule has 98 valence electrons. The van der Waals surface area contributed by atoms with Crippen LogP contribution in [0.4, 0.5) is 0 Å². The van der Waals surface area contributed by atoms with Crippen LogP contribution in [0.3, 0.4) is 0 Å². The van der Waals surface area contributed by atoms with E-state index in [1.54, 1.807) is 0 Å². The van der Waals surface area contributed by atoms with Crippen molar-refractivity contribution in [3.63, 3.8) is 0 Å². The zero-order chi connectivity index (χ0) is 13.4. The summed E-state index contributed by atoms with van der Waals surface area (Å²) in [4.78, 5) is 0.212. The Morgan fingerprint density at radius 1 is 1.22 bits per heavy atom. The molecule has 18 heavy (non-hydrogen) atoms. The zero-order valence-corrected chi connectivity index (χ0v) is 10.8. The fourth-order valence-electron chi connectivity index (χ4n) is 1.31. The number of rotatable bonds is 7. The second-order valence-electron chi connectivity index (χ2n) is 3.71. The molecule has 2 N–H and O–H groups in total. The van der Waals surface area contributed by atoms with Gasteiger partial charge in [-0.25, -0.2) is 8.42 Å². The van der Waals surface area contributed by atoms with E-state index in [0.29, 0.717) is 18.7 Å². The van der Waals surface area contributed by atoms with Crippen molar-refractivity contribution in [3.05, 3.63) is 29.8 Å². The van der Waals surface area contributed by atoms with E-state index in [2.05, 4.69) is 0 Å². The van der Waals surface area contributed by atoms with Crippen LogP contribution in [0.2, 0.25) is 0 Å². The van der Waals surface area contributed by atoms with E-state index in [-0.39, 0.29) is 17.3 Å². The highest BCUT2D eigenvalue weighted by molar-refractivity contribution is 7.91. The van der Waals surface area contributed by atoms with Gasteiger partial charge >= 0.3 is 0 Å². The van der Waals surface area contributed by atoms with Gasteiger partial charge in [0.05, 0.1) is 28.9 Å². The topological polar surface area (TPSA) is 93.2 Å². The molecule has 1 aromatic carbocycles. The number of nitrogens with two attached hydrogens (primary N) is 1. The van der Waals surface area contributed by atoms with Crippen molar-refractivity contribution in [1.82, 2.24) is 0 Å². The smallest absolute Gasteiger partial charge is 0.180 e. The SMILES string of the molecule is N#Cc1ccc(S(=O)(=O)CCOCCCN)cc1. The highest BCUT2D eigenvalue weighted by Crippen LogP contribution is 2.12. The predicted molar refractivity (Wildman–Crippen MR) is 67.7 cm³/mol. The van der Waals surface area contributed by atoms with Crippen molar-refractivity contribution in [1.29, 1.82) is 5.26 Å². The van der Waals surface area contributed by atoms with Gasteiger partial charge in [0.2, 0.25) is 0 Å². The molecule has 0 radical (unpaired) electrons. The third-order valence-electron chi connectivity index (χ3n) is 2.33. The van der Waals surface area contributed by atoms with Gasteiger partial charge in [0, 0.05) is 6.61 Å².